The quantitative estimate of drug-likeness (QED) is 0.909. The lowest BCUT2D eigenvalue weighted by Crippen LogP contribution is -2.24. The van der Waals surface area contributed by atoms with Crippen LogP contribution in [0.25, 0.3) is 0 Å². The van der Waals surface area contributed by atoms with E-state index in [-0.39, 0.29) is 11.9 Å². The normalized spacial score (nSPS) is 12.7. The third-order valence-electron chi connectivity index (χ3n) is 3.56. The molecule has 1 aromatic carbocycles. The minimum Gasteiger partial charge on any atom is -0.310 e. The molecule has 0 bridgehead atoms. The van der Waals surface area contributed by atoms with Crippen LogP contribution in [0, 0.1) is 19.7 Å². The van der Waals surface area contributed by atoms with Crippen molar-refractivity contribution in [3.05, 3.63) is 52.6 Å². The number of halogens is 1. The topological polar surface area (TPSA) is 29.9 Å². The van der Waals surface area contributed by atoms with Crippen LogP contribution >= 0.6 is 0 Å². The lowest BCUT2D eigenvalue weighted by atomic mass is 10.00. The molecule has 1 heterocycles. The van der Waals surface area contributed by atoms with Gasteiger partial charge < -0.3 is 5.32 Å². The van der Waals surface area contributed by atoms with Gasteiger partial charge in [0.15, 0.2) is 0 Å². The Morgan fingerprint density at radius 3 is 2.60 bits per heavy atom. The van der Waals surface area contributed by atoms with Crippen LogP contribution in [0.3, 0.4) is 0 Å². The van der Waals surface area contributed by atoms with Gasteiger partial charge in [-0.25, -0.2) is 4.39 Å². The maximum absolute atomic E-state index is 13.8. The number of aryl methyl sites for hydroxylation is 3. The number of nitrogens with one attached hydrogen (secondary N) is 1. The van der Waals surface area contributed by atoms with Gasteiger partial charge in [-0.15, -0.1) is 0 Å². The van der Waals surface area contributed by atoms with Gasteiger partial charge in [0.2, 0.25) is 0 Å². The van der Waals surface area contributed by atoms with Gasteiger partial charge in [-0.2, -0.15) is 5.10 Å². The molecule has 0 fully saturated rings. The number of likely N-dealkylation sites (N-methyl/N-ethyl adjacent to an activating group) is 1. The van der Waals surface area contributed by atoms with Crippen LogP contribution in [0.5, 0.6) is 0 Å². The van der Waals surface area contributed by atoms with Crippen molar-refractivity contribution in [3.63, 3.8) is 0 Å². The molecule has 0 amide bonds. The molecule has 0 aliphatic carbocycles. The van der Waals surface area contributed by atoms with Crippen LogP contribution in [0.15, 0.2) is 24.3 Å². The van der Waals surface area contributed by atoms with Crippen LogP contribution in [-0.2, 0) is 13.5 Å². The highest BCUT2D eigenvalue weighted by Crippen LogP contribution is 2.21. The molecule has 0 saturated carbocycles. The fraction of sp³-hybridized carbons (Fsp3) is 0.438. The maximum Gasteiger partial charge on any atom is 0.126 e. The fourth-order valence-corrected chi connectivity index (χ4v) is 2.44. The van der Waals surface area contributed by atoms with Crippen molar-refractivity contribution in [2.24, 2.45) is 7.05 Å². The summed E-state index contributed by atoms with van der Waals surface area (Å²) in [5.41, 5.74) is 3.82. The first kappa shape index (κ1) is 14.7. The van der Waals surface area contributed by atoms with Crippen LogP contribution in [0.4, 0.5) is 4.39 Å². The van der Waals surface area contributed by atoms with Gasteiger partial charge >= 0.3 is 0 Å². The summed E-state index contributed by atoms with van der Waals surface area (Å²) in [4.78, 5) is 0. The summed E-state index contributed by atoms with van der Waals surface area (Å²) in [6.45, 7) is 6.67. The first-order chi connectivity index (χ1) is 9.51. The van der Waals surface area contributed by atoms with Crippen molar-refractivity contribution >= 4 is 0 Å². The van der Waals surface area contributed by atoms with Crippen LogP contribution < -0.4 is 5.32 Å². The summed E-state index contributed by atoms with van der Waals surface area (Å²) >= 11 is 0. The predicted molar refractivity (Wildman–Crippen MR) is 79.2 cm³/mol. The third-order valence-corrected chi connectivity index (χ3v) is 3.56. The van der Waals surface area contributed by atoms with E-state index in [9.17, 15) is 4.39 Å². The van der Waals surface area contributed by atoms with E-state index in [1.54, 1.807) is 13.0 Å². The molecule has 0 saturated heterocycles. The minimum atomic E-state index is -0.147. The minimum absolute atomic E-state index is 0.102. The highest BCUT2D eigenvalue weighted by molar-refractivity contribution is 5.27. The van der Waals surface area contributed by atoms with Gasteiger partial charge in [0, 0.05) is 25.2 Å². The molecule has 2 rings (SSSR count). The summed E-state index contributed by atoms with van der Waals surface area (Å²) in [7, 11) is 1.95. The Labute approximate surface area is 119 Å². The summed E-state index contributed by atoms with van der Waals surface area (Å²) in [6.07, 6.45) is 0.799. The molecule has 108 valence electrons. The van der Waals surface area contributed by atoms with E-state index >= 15 is 0 Å². The van der Waals surface area contributed by atoms with Gasteiger partial charge in [0.1, 0.15) is 5.82 Å². The Hall–Kier alpha value is -1.68. The molecule has 4 heteroatoms. The lowest BCUT2D eigenvalue weighted by Gasteiger charge is -2.19. The number of benzene rings is 1. The van der Waals surface area contributed by atoms with Crippen molar-refractivity contribution in [1.29, 1.82) is 0 Å². The monoisotopic (exact) mass is 275 g/mol. The van der Waals surface area contributed by atoms with Crippen molar-refractivity contribution in [2.45, 2.75) is 33.2 Å². The fourth-order valence-electron chi connectivity index (χ4n) is 2.44. The number of nitrogens with zero attached hydrogens (tertiary/aromatic N) is 2. The summed E-state index contributed by atoms with van der Waals surface area (Å²) < 4.78 is 15.6. The van der Waals surface area contributed by atoms with Gasteiger partial charge in [-0.05, 0) is 43.7 Å². The molecule has 1 N–H and O–H groups in total. The Kier molecular flexibility index (Phi) is 4.55. The molecule has 20 heavy (non-hydrogen) atoms. The second-order valence-corrected chi connectivity index (χ2v) is 5.22. The number of hydrogen-bond acceptors (Lipinski definition) is 2. The van der Waals surface area contributed by atoms with Gasteiger partial charge in [-0.1, -0.05) is 19.1 Å². The smallest absolute Gasteiger partial charge is 0.126 e. The van der Waals surface area contributed by atoms with E-state index < -0.39 is 0 Å². The maximum atomic E-state index is 13.8. The van der Waals surface area contributed by atoms with Gasteiger partial charge in [0.05, 0.1) is 5.69 Å². The largest absolute Gasteiger partial charge is 0.310 e. The van der Waals surface area contributed by atoms with E-state index in [0.29, 0.717) is 5.56 Å². The molecule has 0 radical (unpaired) electrons. The molecule has 0 aliphatic rings. The molecule has 1 atom stereocenters. The molecule has 2 aromatic rings. The van der Waals surface area contributed by atoms with Crippen LogP contribution in [0.1, 0.15) is 35.5 Å². The third kappa shape index (κ3) is 3.25. The Morgan fingerprint density at radius 2 is 2.05 bits per heavy atom. The second-order valence-electron chi connectivity index (χ2n) is 5.22. The van der Waals surface area contributed by atoms with Crippen molar-refractivity contribution in [3.8, 4) is 0 Å². The Bertz CT molecular complexity index is 589. The predicted octanol–water partition coefficient (Wildman–Crippen LogP) is 3.07. The number of aromatic nitrogens is 2. The number of rotatable bonds is 5. The first-order valence-corrected chi connectivity index (χ1v) is 7.00. The molecule has 1 aromatic heterocycles. The van der Waals surface area contributed by atoms with Crippen LogP contribution in [-0.4, -0.2) is 16.3 Å². The van der Waals surface area contributed by atoms with Gasteiger partial charge in [0.25, 0.3) is 0 Å². The van der Waals surface area contributed by atoms with Crippen LogP contribution in [0.2, 0.25) is 0 Å². The zero-order valence-electron chi connectivity index (χ0n) is 12.6. The lowest BCUT2D eigenvalue weighted by molar-refractivity contribution is 0.523. The molecular formula is C16H22FN3. The Morgan fingerprint density at radius 1 is 1.30 bits per heavy atom. The van der Waals surface area contributed by atoms with E-state index in [1.165, 1.54) is 0 Å². The number of hydrogen-bond donors (Lipinski definition) is 1. The molecule has 0 spiro atoms. The molecule has 3 nitrogen and oxygen atoms in total. The molecule has 0 aliphatic heterocycles. The van der Waals surface area contributed by atoms with Crippen molar-refractivity contribution in [2.75, 3.05) is 6.54 Å². The van der Waals surface area contributed by atoms with E-state index in [1.807, 2.05) is 30.8 Å². The molecule has 1 unspecified atom stereocenters. The second kappa shape index (κ2) is 6.18. The van der Waals surface area contributed by atoms with E-state index in [2.05, 4.69) is 23.4 Å². The average molecular weight is 275 g/mol. The van der Waals surface area contributed by atoms with E-state index in [0.717, 1.165) is 29.9 Å². The Balaban J connectivity index is 2.26. The standard InChI is InChI=1S/C16H22FN3/c1-5-18-16(10-14-8-12(3)19-20(14)4)13-7-6-11(2)15(17)9-13/h6-9,16,18H,5,10H2,1-4H3. The van der Waals surface area contributed by atoms with Gasteiger partial charge in [-0.3, -0.25) is 4.68 Å². The summed E-state index contributed by atoms with van der Waals surface area (Å²) in [6, 6.07) is 7.64. The average Bonchev–Trinajstić information content (AvgIpc) is 2.71. The highest BCUT2D eigenvalue weighted by Gasteiger charge is 2.15. The molecular weight excluding hydrogens is 253 g/mol. The van der Waals surface area contributed by atoms with Crippen molar-refractivity contribution < 1.29 is 4.39 Å². The summed E-state index contributed by atoms with van der Waals surface area (Å²) in [5, 5.41) is 7.79. The zero-order valence-corrected chi connectivity index (χ0v) is 12.6. The first-order valence-electron chi connectivity index (χ1n) is 7.00. The summed E-state index contributed by atoms with van der Waals surface area (Å²) in [5.74, 6) is -0.147. The SMILES string of the molecule is CCNC(Cc1cc(C)nn1C)c1ccc(C)c(F)c1. The van der Waals surface area contributed by atoms with Crippen molar-refractivity contribution in [1.82, 2.24) is 15.1 Å². The highest BCUT2D eigenvalue weighted by atomic mass is 19.1. The zero-order chi connectivity index (χ0) is 14.7. The van der Waals surface area contributed by atoms with E-state index in [4.69, 9.17) is 0 Å².